The molecule has 2 unspecified atom stereocenters. The topological polar surface area (TPSA) is 75.6 Å². The number of amides is 1. The van der Waals surface area contributed by atoms with Crippen molar-refractivity contribution in [1.82, 2.24) is 5.32 Å². The van der Waals surface area contributed by atoms with Crippen molar-refractivity contribution >= 4 is 11.9 Å². The van der Waals surface area contributed by atoms with E-state index in [-0.39, 0.29) is 29.3 Å². The summed E-state index contributed by atoms with van der Waals surface area (Å²) in [6.07, 6.45) is 0.394. The van der Waals surface area contributed by atoms with Crippen LogP contribution >= 0.6 is 0 Å². The highest BCUT2D eigenvalue weighted by molar-refractivity contribution is 5.91. The molecule has 1 aliphatic carbocycles. The Morgan fingerprint density at radius 2 is 1.92 bits per heavy atom. The lowest BCUT2D eigenvalue weighted by molar-refractivity contribution is -0.122. The molecule has 2 aromatic carbocycles. The van der Waals surface area contributed by atoms with Crippen molar-refractivity contribution in [3.63, 3.8) is 0 Å². The zero-order chi connectivity index (χ0) is 18.8. The molecule has 2 atom stereocenters. The molecule has 2 N–H and O–H groups in total. The van der Waals surface area contributed by atoms with Crippen LogP contribution in [-0.2, 0) is 11.3 Å². The minimum Gasteiger partial charge on any atom is -0.496 e. The van der Waals surface area contributed by atoms with E-state index >= 15 is 0 Å². The molecule has 1 fully saturated rings. The molecule has 0 spiro atoms. The highest BCUT2D eigenvalue weighted by atomic mass is 19.1. The molecule has 0 radical (unpaired) electrons. The van der Waals surface area contributed by atoms with Gasteiger partial charge in [-0.1, -0.05) is 12.1 Å². The minimum atomic E-state index is -1.11. The predicted octanol–water partition coefficient (Wildman–Crippen LogP) is 3.09. The first-order chi connectivity index (χ1) is 12.4. The second-order valence-electron chi connectivity index (χ2n) is 6.14. The number of halogens is 2. The summed E-state index contributed by atoms with van der Waals surface area (Å²) in [6.45, 7) is 0.165. The van der Waals surface area contributed by atoms with Gasteiger partial charge in [-0.25, -0.2) is 13.6 Å². The van der Waals surface area contributed by atoms with Gasteiger partial charge in [0, 0.05) is 23.9 Å². The summed E-state index contributed by atoms with van der Waals surface area (Å²) in [5, 5.41) is 11.8. The van der Waals surface area contributed by atoms with E-state index in [4.69, 9.17) is 9.84 Å². The monoisotopic (exact) mass is 361 g/mol. The van der Waals surface area contributed by atoms with Crippen LogP contribution in [0.15, 0.2) is 36.4 Å². The number of carboxylic acids is 1. The maximum atomic E-state index is 13.8. The molecule has 7 heteroatoms. The van der Waals surface area contributed by atoms with Gasteiger partial charge in [-0.2, -0.15) is 0 Å². The summed E-state index contributed by atoms with van der Waals surface area (Å²) >= 11 is 0. The maximum absolute atomic E-state index is 13.8. The highest BCUT2D eigenvalue weighted by Gasteiger charge is 2.46. The third-order valence-electron chi connectivity index (χ3n) is 4.46. The van der Waals surface area contributed by atoms with Gasteiger partial charge in [0.2, 0.25) is 5.91 Å². The molecule has 0 bridgehead atoms. The molecule has 3 rings (SSSR count). The molecule has 0 saturated heterocycles. The van der Waals surface area contributed by atoms with Gasteiger partial charge in [0.15, 0.2) is 0 Å². The van der Waals surface area contributed by atoms with E-state index in [1.54, 1.807) is 6.07 Å². The van der Waals surface area contributed by atoms with Crippen molar-refractivity contribution in [3.8, 4) is 5.75 Å². The average Bonchev–Trinajstić information content (AvgIpc) is 3.39. The summed E-state index contributed by atoms with van der Waals surface area (Å²) < 4.78 is 32.6. The van der Waals surface area contributed by atoms with E-state index in [0.29, 0.717) is 12.0 Å². The van der Waals surface area contributed by atoms with Crippen LogP contribution in [0.2, 0.25) is 0 Å². The van der Waals surface area contributed by atoms with E-state index in [1.807, 2.05) is 0 Å². The van der Waals surface area contributed by atoms with Crippen LogP contribution in [0.25, 0.3) is 0 Å². The van der Waals surface area contributed by atoms with Gasteiger partial charge >= 0.3 is 5.97 Å². The number of ether oxygens (including phenoxy) is 1. The van der Waals surface area contributed by atoms with Gasteiger partial charge in [-0.15, -0.1) is 0 Å². The second-order valence-corrected chi connectivity index (χ2v) is 6.14. The van der Waals surface area contributed by atoms with Crippen molar-refractivity contribution in [1.29, 1.82) is 0 Å². The van der Waals surface area contributed by atoms with Crippen LogP contribution in [0, 0.1) is 17.6 Å². The molecular formula is C19H17F2NO4. The van der Waals surface area contributed by atoms with Crippen molar-refractivity contribution < 1.29 is 28.2 Å². The summed E-state index contributed by atoms with van der Waals surface area (Å²) in [6, 6.07) is 8.17. The van der Waals surface area contributed by atoms with Crippen molar-refractivity contribution in [2.24, 2.45) is 5.92 Å². The summed E-state index contributed by atoms with van der Waals surface area (Å²) in [5.41, 5.74) is 0.648. The Kier molecular flexibility index (Phi) is 4.88. The number of methoxy groups -OCH3 is 1. The third-order valence-corrected chi connectivity index (χ3v) is 4.46. The fourth-order valence-electron chi connectivity index (χ4n) is 3.01. The molecular weight excluding hydrogens is 344 g/mol. The number of carbonyl (C=O) groups is 2. The van der Waals surface area contributed by atoms with Gasteiger partial charge in [0.25, 0.3) is 0 Å². The van der Waals surface area contributed by atoms with E-state index in [0.717, 1.165) is 0 Å². The van der Waals surface area contributed by atoms with Gasteiger partial charge < -0.3 is 15.2 Å². The Balaban J connectivity index is 1.63. The smallest absolute Gasteiger partial charge is 0.339 e. The first-order valence-electron chi connectivity index (χ1n) is 8.04. The third kappa shape index (κ3) is 3.51. The number of carboxylic acid groups (broad SMARTS) is 1. The Morgan fingerprint density at radius 1 is 1.23 bits per heavy atom. The lowest BCUT2D eigenvalue weighted by Gasteiger charge is -2.09. The van der Waals surface area contributed by atoms with Gasteiger partial charge in [0.1, 0.15) is 22.9 Å². The molecule has 5 nitrogen and oxygen atoms in total. The van der Waals surface area contributed by atoms with Crippen LogP contribution in [0.1, 0.15) is 33.8 Å². The minimum absolute atomic E-state index is 0.0276. The van der Waals surface area contributed by atoms with Gasteiger partial charge in [0.05, 0.1) is 7.11 Å². The number of aromatic carboxylic acids is 1. The standard InChI is InChI=1S/C19H17F2NO4/c1-26-16-7-10(5-6-11(16)19(24)25)9-22-18(23)13-8-12(13)17-14(20)3-2-4-15(17)21/h2-7,12-13H,8-9H2,1H3,(H,22,23)(H,24,25). The second kappa shape index (κ2) is 7.11. The van der Waals surface area contributed by atoms with E-state index in [1.165, 1.54) is 37.4 Å². The summed E-state index contributed by atoms with van der Waals surface area (Å²) in [7, 11) is 1.36. The van der Waals surface area contributed by atoms with E-state index in [2.05, 4.69) is 5.32 Å². The predicted molar refractivity (Wildman–Crippen MR) is 89.0 cm³/mol. The number of nitrogens with one attached hydrogen (secondary N) is 1. The maximum Gasteiger partial charge on any atom is 0.339 e. The number of hydrogen-bond acceptors (Lipinski definition) is 3. The van der Waals surface area contributed by atoms with Crippen molar-refractivity contribution in [2.45, 2.75) is 18.9 Å². The molecule has 0 aromatic heterocycles. The zero-order valence-corrected chi connectivity index (χ0v) is 14.0. The lowest BCUT2D eigenvalue weighted by Crippen LogP contribution is -2.25. The van der Waals surface area contributed by atoms with Crippen molar-refractivity contribution in [3.05, 3.63) is 64.7 Å². The molecule has 1 amide bonds. The molecule has 2 aromatic rings. The molecule has 26 heavy (non-hydrogen) atoms. The summed E-state index contributed by atoms with van der Waals surface area (Å²) in [4.78, 5) is 23.3. The molecule has 0 aliphatic heterocycles. The van der Waals surface area contributed by atoms with Crippen LogP contribution in [-0.4, -0.2) is 24.1 Å². The Labute approximate surface area is 148 Å². The SMILES string of the molecule is COc1cc(CNC(=O)C2CC2c2c(F)cccc2F)ccc1C(=O)O. The fourth-order valence-corrected chi connectivity index (χ4v) is 3.01. The highest BCUT2D eigenvalue weighted by Crippen LogP contribution is 2.49. The van der Waals surface area contributed by atoms with Crippen LogP contribution in [0.5, 0.6) is 5.75 Å². The normalized spacial score (nSPS) is 18.3. The summed E-state index contributed by atoms with van der Waals surface area (Å²) in [5.74, 6) is -3.41. The Hall–Kier alpha value is -2.96. The van der Waals surface area contributed by atoms with Crippen LogP contribution in [0.3, 0.4) is 0 Å². The fraction of sp³-hybridized carbons (Fsp3) is 0.263. The van der Waals surface area contributed by atoms with Gasteiger partial charge in [-0.3, -0.25) is 4.79 Å². The Bertz CT molecular complexity index is 848. The first-order valence-corrected chi connectivity index (χ1v) is 8.04. The van der Waals surface area contributed by atoms with Gasteiger partial charge in [-0.05, 0) is 36.2 Å². The quantitative estimate of drug-likeness (QED) is 0.829. The van der Waals surface area contributed by atoms with Crippen molar-refractivity contribution in [2.75, 3.05) is 7.11 Å². The first kappa shape index (κ1) is 17.8. The zero-order valence-electron chi connectivity index (χ0n) is 14.0. The van der Waals surface area contributed by atoms with Crippen LogP contribution in [0.4, 0.5) is 8.78 Å². The number of rotatable bonds is 6. The van der Waals surface area contributed by atoms with Crippen LogP contribution < -0.4 is 10.1 Å². The Morgan fingerprint density at radius 3 is 2.54 bits per heavy atom. The number of benzene rings is 2. The number of hydrogen-bond donors (Lipinski definition) is 2. The largest absolute Gasteiger partial charge is 0.496 e. The molecule has 1 saturated carbocycles. The van der Waals surface area contributed by atoms with E-state index < -0.39 is 29.4 Å². The number of carbonyl (C=O) groups excluding carboxylic acids is 1. The van der Waals surface area contributed by atoms with E-state index in [9.17, 15) is 18.4 Å². The average molecular weight is 361 g/mol. The molecule has 136 valence electrons. The molecule has 1 aliphatic rings. The lowest BCUT2D eigenvalue weighted by atomic mass is 10.1. The molecule has 0 heterocycles.